The first-order chi connectivity index (χ1) is 7.82. The summed E-state index contributed by atoms with van der Waals surface area (Å²) in [6, 6.07) is 3.42. The van der Waals surface area contributed by atoms with Crippen LogP contribution in [-0.2, 0) is 10.2 Å². The van der Waals surface area contributed by atoms with Gasteiger partial charge in [0.1, 0.15) is 0 Å². The molecule has 0 aliphatic heterocycles. The van der Waals surface area contributed by atoms with E-state index in [1.54, 1.807) is 39.8 Å². The van der Waals surface area contributed by atoms with Gasteiger partial charge in [0.05, 0.1) is 22.8 Å². The van der Waals surface area contributed by atoms with Crippen molar-refractivity contribution in [3.63, 3.8) is 0 Å². The second-order valence-corrected chi connectivity index (χ2v) is 5.64. The monoisotopic (exact) mass is 254 g/mol. The second-order valence-electron chi connectivity index (χ2n) is 4.05. The molecule has 0 bridgehead atoms. The highest BCUT2D eigenvalue weighted by Gasteiger charge is 2.22. The summed E-state index contributed by atoms with van der Waals surface area (Å²) < 4.78 is 26.6. The van der Waals surface area contributed by atoms with Gasteiger partial charge in [-0.15, -0.1) is 8.17 Å². The summed E-state index contributed by atoms with van der Waals surface area (Å²) in [5, 5.41) is 7.95. The van der Waals surface area contributed by atoms with E-state index in [0.717, 1.165) is 8.17 Å². The Kier molecular flexibility index (Phi) is 2.57. The van der Waals surface area contributed by atoms with E-state index in [2.05, 4.69) is 10.2 Å². The zero-order chi connectivity index (χ0) is 12.8. The summed E-state index contributed by atoms with van der Waals surface area (Å²) in [4.78, 5) is 0. The standard InChI is InChI=1S/C10H14N4O2S/c1-7-5-9(3)13(11-7)17(15,16)14-10(4)6-8(2)12-14/h5-6H,1-4H3. The highest BCUT2D eigenvalue weighted by atomic mass is 32.2. The molecule has 92 valence electrons. The number of aryl methyl sites for hydroxylation is 4. The Hall–Kier alpha value is -1.63. The summed E-state index contributed by atoms with van der Waals surface area (Å²) in [5.74, 6) is 0. The van der Waals surface area contributed by atoms with Crippen molar-refractivity contribution in [2.75, 3.05) is 0 Å². The Morgan fingerprint density at radius 3 is 1.47 bits per heavy atom. The minimum atomic E-state index is -3.75. The number of nitrogens with zero attached hydrogens (tertiary/aromatic N) is 4. The molecule has 0 atom stereocenters. The smallest absolute Gasteiger partial charge is 0.179 e. The van der Waals surface area contributed by atoms with E-state index < -0.39 is 10.2 Å². The van der Waals surface area contributed by atoms with Gasteiger partial charge in [-0.05, 0) is 39.8 Å². The molecule has 2 rings (SSSR count). The molecular weight excluding hydrogens is 240 g/mol. The lowest BCUT2D eigenvalue weighted by Crippen LogP contribution is -2.25. The van der Waals surface area contributed by atoms with Crippen LogP contribution in [0.1, 0.15) is 22.8 Å². The van der Waals surface area contributed by atoms with Crippen LogP contribution in [0.4, 0.5) is 0 Å². The highest BCUT2D eigenvalue weighted by molar-refractivity contribution is 7.88. The lowest BCUT2D eigenvalue weighted by Gasteiger charge is -2.07. The third-order valence-electron chi connectivity index (χ3n) is 2.37. The third-order valence-corrected chi connectivity index (χ3v) is 3.99. The Morgan fingerprint density at radius 2 is 1.24 bits per heavy atom. The Morgan fingerprint density at radius 1 is 0.882 bits per heavy atom. The van der Waals surface area contributed by atoms with E-state index in [9.17, 15) is 8.42 Å². The first kappa shape index (κ1) is 11.8. The average molecular weight is 254 g/mol. The fraction of sp³-hybridized carbons (Fsp3) is 0.400. The molecule has 17 heavy (non-hydrogen) atoms. The lowest BCUT2D eigenvalue weighted by molar-refractivity contribution is 0.558. The normalized spacial score (nSPS) is 12.0. The summed E-state index contributed by atoms with van der Waals surface area (Å²) in [6.45, 7) is 6.90. The van der Waals surface area contributed by atoms with E-state index in [4.69, 9.17) is 0 Å². The summed E-state index contributed by atoms with van der Waals surface area (Å²) in [6.07, 6.45) is 0. The minimum Gasteiger partial charge on any atom is -0.179 e. The first-order valence-corrected chi connectivity index (χ1v) is 6.54. The van der Waals surface area contributed by atoms with E-state index in [0.29, 0.717) is 22.8 Å². The van der Waals surface area contributed by atoms with Crippen molar-refractivity contribution in [2.45, 2.75) is 27.7 Å². The van der Waals surface area contributed by atoms with Gasteiger partial charge in [-0.3, -0.25) is 0 Å². The van der Waals surface area contributed by atoms with Crippen LogP contribution in [-0.4, -0.2) is 26.8 Å². The van der Waals surface area contributed by atoms with Crippen molar-refractivity contribution in [2.24, 2.45) is 0 Å². The van der Waals surface area contributed by atoms with Crippen molar-refractivity contribution in [1.82, 2.24) is 18.4 Å². The number of aromatic nitrogens is 4. The number of rotatable bonds is 2. The van der Waals surface area contributed by atoms with Gasteiger partial charge in [0.15, 0.2) is 0 Å². The van der Waals surface area contributed by atoms with E-state index in [1.807, 2.05) is 0 Å². The van der Waals surface area contributed by atoms with Gasteiger partial charge >= 0.3 is 10.2 Å². The molecule has 0 unspecified atom stereocenters. The van der Waals surface area contributed by atoms with Crippen LogP contribution in [0.3, 0.4) is 0 Å². The van der Waals surface area contributed by atoms with E-state index in [-0.39, 0.29) is 0 Å². The molecule has 2 aromatic rings. The van der Waals surface area contributed by atoms with E-state index in [1.165, 1.54) is 0 Å². The summed E-state index contributed by atoms with van der Waals surface area (Å²) in [7, 11) is -3.75. The van der Waals surface area contributed by atoms with E-state index >= 15 is 0 Å². The van der Waals surface area contributed by atoms with Gasteiger partial charge < -0.3 is 0 Å². The molecule has 0 spiro atoms. The SMILES string of the molecule is Cc1cc(C)n(S(=O)(=O)n2nc(C)cc2C)n1. The van der Waals surface area contributed by atoms with Crippen LogP contribution >= 0.6 is 0 Å². The molecule has 0 aliphatic rings. The zero-order valence-corrected chi connectivity index (χ0v) is 11.0. The predicted molar refractivity (Wildman–Crippen MR) is 63.1 cm³/mol. The molecule has 7 heteroatoms. The molecule has 2 heterocycles. The van der Waals surface area contributed by atoms with Crippen molar-refractivity contribution in [1.29, 1.82) is 0 Å². The van der Waals surface area contributed by atoms with Crippen LogP contribution < -0.4 is 0 Å². The largest absolute Gasteiger partial charge is 0.364 e. The third kappa shape index (κ3) is 1.86. The quantitative estimate of drug-likeness (QED) is 0.800. The lowest BCUT2D eigenvalue weighted by atomic mass is 10.4. The van der Waals surface area contributed by atoms with Gasteiger partial charge in [-0.2, -0.15) is 18.6 Å². The van der Waals surface area contributed by atoms with Crippen LogP contribution in [0, 0.1) is 27.7 Å². The molecule has 0 aliphatic carbocycles. The summed E-state index contributed by atoms with van der Waals surface area (Å²) in [5.41, 5.74) is 2.45. The van der Waals surface area contributed by atoms with Crippen LogP contribution in [0.5, 0.6) is 0 Å². The van der Waals surface area contributed by atoms with Crippen LogP contribution in [0.25, 0.3) is 0 Å². The molecule has 0 fully saturated rings. The van der Waals surface area contributed by atoms with Crippen molar-refractivity contribution in [3.05, 3.63) is 34.9 Å². The van der Waals surface area contributed by atoms with Gasteiger partial charge in [-0.25, -0.2) is 0 Å². The maximum atomic E-state index is 12.3. The maximum absolute atomic E-state index is 12.3. The second kappa shape index (κ2) is 3.69. The van der Waals surface area contributed by atoms with Crippen molar-refractivity contribution >= 4 is 10.2 Å². The van der Waals surface area contributed by atoms with Gasteiger partial charge in [0.25, 0.3) is 0 Å². The highest BCUT2D eigenvalue weighted by Crippen LogP contribution is 2.11. The average Bonchev–Trinajstić information content (AvgIpc) is 2.70. The topological polar surface area (TPSA) is 69.8 Å². The molecule has 0 saturated heterocycles. The van der Waals surface area contributed by atoms with Gasteiger partial charge in [0.2, 0.25) is 0 Å². The van der Waals surface area contributed by atoms with Crippen LogP contribution in [0.15, 0.2) is 12.1 Å². The number of hydrogen-bond acceptors (Lipinski definition) is 4. The fourth-order valence-electron chi connectivity index (χ4n) is 1.76. The Bertz CT molecular complexity index is 614. The fourth-order valence-corrected chi connectivity index (χ4v) is 3.20. The van der Waals surface area contributed by atoms with Crippen molar-refractivity contribution < 1.29 is 8.42 Å². The van der Waals surface area contributed by atoms with Crippen LogP contribution in [0.2, 0.25) is 0 Å². The first-order valence-electron chi connectivity index (χ1n) is 5.15. The number of hydrogen-bond donors (Lipinski definition) is 0. The van der Waals surface area contributed by atoms with Gasteiger partial charge in [-0.1, -0.05) is 0 Å². The molecule has 0 N–H and O–H groups in total. The Labute approximate surface area is 100 Å². The predicted octanol–water partition coefficient (Wildman–Crippen LogP) is 0.954. The van der Waals surface area contributed by atoms with Gasteiger partial charge in [0, 0.05) is 0 Å². The molecule has 2 aromatic heterocycles. The molecule has 0 aromatic carbocycles. The molecule has 0 amide bonds. The Balaban J connectivity index is 2.65. The zero-order valence-electron chi connectivity index (χ0n) is 10.2. The molecule has 6 nitrogen and oxygen atoms in total. The maximum Gasteiger partial charge on any atom is 0.364 e. The summed E-state index contributed by atoms with van der Waals surface area (Å²) >= 11 is 0. The van der Waals surface area contributed by atoms with Crippen molar-refractivity contribution in [3.8, 4) is 0 Å². The minimum absolute atomic E-state index is 0.565. The molecular formula is C10H14N4O2S. The molecule has 0 saturated carbocycles. The molecule has 0 radical (unpaired) electrons.